The average Bonchev–Trinajstić information content (AvgIpc) is 2.33. The third-order valence-electron chi connectivity index (χ3n) is 2.53. The Morgan fingerprint density at radius 1 is 1.00 bits per heavy atom. The molecule has 0 fully saturated rings. The van der Waals surface area contributed by atoms with Gasteiger partial charge in [0.25, 0.3) is 0 Å². The van der Waals surface area contributed by atoms with Crippen LogP contribution in [0, 0.1) is 0 Å². The van der Waals surface area contributed by atoms with Crippen molar-refractivity contribution in [1.82, 2.24) is 0 Å². The zero-order valence-electron chi connectivity index (χ0n) is 10.0. The first kappa shape index (κ1) is 14.7. The van der Waals surface area contributed by atoms with Crippen LogP contribution in [-0.2, 0) is 6.42 Å². The summed E-state index contributed by atoms with van der Waals surface area (Å²) in [4.78, 5) is 0. The van der Waals surface area contributed by atoms with E-state index in [4.69, 9.17) is 0 Å². The molecule has 0 heterocycles. The van der Waals surface area contributed by atoms with Crippen LogP contribution in [0.3, 0.4) is 0 Å². The van der Waals surface area contributed by atoms with E-state index >= 15 is 0 Å². The molecule has 0 aliphatic rings. The standard InChI is InChI=1S/C15H14O.K/c1-2-6-14-11-13(9-10-15(14)16)12-7-4-3-5-8-12;/h2-5,7-11,16H,1,6H2;/q;+1/p-1. The second kappa shape index (κ2) is 7.14. The topological polar surface area (TPSA) is 23.1 Å². The van der Waals surface area contributed by atoms with Crippen LogP contribution < -0.4 is 56.5 Å². The smallest absolute Gasteiger partial charge is 0.872 e. The summed E-state index contributed by atoms with van der Waals surface area (Å²) in [6.45, 7) is 3.66. The van der Waals surface area contributed by atoms with E-state index in [1.807, 2.05) is 42.5 Å². The van der Waals surface area contributed by atoms with Gasteiger partial charge in [-0.25, -0.2) is 0 Å². The van der Waals surface area contributed by atoms with E-state index in [0.717, 1.165) is 16.7 Å². The Morgan fingerprint density at radius 2 is 1.71 bits per heavy atom. The molecule has 2 rings (SSSR count). The molecule has 0 bridgehead atoms. The van der Waals surface area contributed by atoms with Crippen LogP contribution in [0.2, 0.25) is 0 Å². The Bertz CT molecular complexity index is 492. The van der Waals surface area contributed by atoms with Crippen molar-refractivity contribution >= 4 is 0 Å². The summed E-state index contributed by atoms with van der Waals surface area (Å²) in [7, 11) is 0. The van der Waals surface area contributed by atoms with E-state index in [1.54, 1.807) is 12.1 Å². The van der Waals surface area contributed by atoms with Gasteiger partial charge in [0.2, 0.25) is 0 Å². The molecule has 0 amide bonds. The van der Waals surface area contributed by atoms with Gasteiger partial charge in [-0.2, -0.15) is 0 Å². The molecular weight excluding hydrogens is 235 g/mol. The van der Waals surface area contributed by atoms with Crippen molar-refractivity contribution < 1.29 is 56.5 Å². The van der Waals surface area contributed by atoms with Crippen LogP contribution in [0.15, 0.2) is 61.2 Å². The van der Waals surface area contributed by atoms with Crippen molar-refractivity contribution in [3.63, 3.8) is 0 Å². The zero-order chi connectivity index (χ0) is 11.4. The fourth-order valence-corrected chi connectivity index (χ4v) is 1.70. The van der Waals surface area contributed by atoms with E-state index in [1.165, 1.54) is 0 Å². The molecule has 0 N–H and O–H groups in total. The predicted molar refractivity (Wildman–Crippen MR) is 65.2 cm³/mol. The van der Waals surface area contributed by atoms with Crippen LogP contribution in [0.4, 0.5) is 0 Å². The van der Waals surface area contributed by atoms with Crippen LogP contribution in [0.5, 0.6) is 5.75 Å². The first-order valence-electron chi connectivity index (χ1n) is 5.27. The summed E-state index contributed by atoms with van der Waals surface area (Å²) in [5.74, 6) is 0.0829. The molecule has 0 radical (unpaired) electrons. The van der Waals surface area contributed by atoms with Gasteiger partial charge in [-0.05, 0) is 17.5 Å². The van der Waals surface area contributed by atoms with Crippen molar-refractivity contribution in [1.29, 1.82) is 0 Å². The molecule has 0 aromatic heterocycles. The summed E-state index contributed by atoms with van der Waals surface area (Å²) in [5.41, 5.74) is 3.02. The van der Waals surface area contributed by atoms with Gasteiger partial charge >= 0.3 is 51.4 Å². The number of allylic oxidation sites excluding steroid dienone is 1. The first-order chi connectivity index (χ1) is 7.81. The molecule has 2 aromatic rings. The number of rotatable bonds is 3. The number of benzene rings is 2. The summed E-state index contributed by atoms with van der Waals surface area (Å²) in [6.07, 6.45) is 2.38. The molecule has 0 aliphatic heterocycles. The number of hydrogen-bond acceptors (Lipinski definition) is 1. The Morgan fingerprint density at radius 3 is 2.35 bits per heavy atom. The van der Waals surface area contributed by atoms with E-state index < -0.39 is 0 Å². The fraction of sp³-hybridized carbons (Fsp3) is 0.0667. The molecule has 80 valence electrons. The first-order valence-corrected chi connectivity index (χ1v) is 5.27. The molecule has 0 saturated heterocycles. The minimum Gasteiger partial charge on any atom is -0.872 e. The SMILES string of the molecule is C=CCc1cc(-c2ccccc2)ccc1[O-].[K+]. The second-order valence-corrected chi connectivity index (χ2v) is 3.68. The largest absolute Gasteiger partial charge is 1.00 e. The third-order valence-corrected chi connectivity index (χ3v) is 2.53. The number of hydrogen-bond donors (Lipinski definition) is 0. The van der Waals surface area contributed by atoms with Gasteiger partial charge in [0, 0.05) is 0 Å². The quantitative estimate of drug-likeness (QED) is 0.560. The molecule has 1 nitrogen and oxygen atoms in total. The zero-order valence-corrected chi connectivity index (χ0v) is 13.1. The molecule has 17 heavy (non-hydrogen) atoms. The van der Waals surface area contributed by atoms with Crippen LogP contribution >= 0.6 is 0 Å². The van der Waals surface area contributed by atoms with Crippen molar-refractivity contribution in [2.24, 2.45) is 0 Å². The maximum atomic E-state index is 11.5. The maximum absolute atomic E-state index is 11.5. The molecule has 0 spiro atoms. The van der Waals surface area contributed by atoms with Crippen LogP contribution in [0.1, 0.15) is 5.56 Å². The van der Waals surface area contributed by atoms with Gasteiger partial charge in [0.05, 0.1) is 0 Å². The van der Waals surface area contributed by atoms with Crippen LogP contribution in [-0.4, -0.2) is 0 Å². The van der Waals surface area contributed by atoms with E-state index in [9.17, 15) is 5.11 Å². The fourth-order valence-electron chi connectivity index (χ4n) is 1.70. The summed E-state index contributed by atoms with van der Waals surface area (Å²) in [6, 6.07) is 15.5. The van der Waals surface area contributed by atoms with E-state index in [-0.39, 0.29) is 57.1 Å². The average molecular weight is 248 g/mol. The molecule has 2 heteroatoms. The molecule has 0 saturated carbocycles. The Kier molecular flexibility index (Phi) is 6.16. The third kappa shape index (κ3) is 3.80. The van der Waals surface area contributed by atoms with Crippen LogP contribution in [0.25, 0.3) is 11.1 Å². The molecular formula is C15H13KO. The van der Waals surface area contributed by atoms with Gasteiger partial charge in [-0.15, -0.1) is 12.3 Å². The van der Waals surface area contributed by atoms with Gasteiger partial charge in [-0.1, -0.05) is 60.2 Å². The Balaban J connectivity index is 0.00000144. The summed E-state index contributed by atoms with van der Waals surface area (Å²) >= 11 is 0. The molecule has 0 unspecified atom stereocenters. The van der Waals surface area contributed by atoms with Crippen molar-refractivity contribution in [3.05, 3.63) is 66.7 Å². The maximum Gasteiger partial charge on any atom is 1.00 e. The summed E-state index contributed by atoms with van der Waals surface area (Å²) < 4.78 is 0. The molecule has 0 atom stereocenters. The Labute approximate surface area is 145 Å². The monoisotopic (exact) mass is 248 g/mol. The predicted octanol–water partition coefficient (Wildman–Crippen LogP) is 0.160. The summed E-state index contributed by atoms with van der Waals surface area (Å²) in [5, 5.41) is 11.5. The van der Waals surface area contributed by atoms with Gasteiger partial charge in [0.1, 0.15) is 0 Å². The second-order valence-electron chi connectivity index (χ2n) is 3.68. The minimum absolute atomic E-state index is 0. The van der Waals surface area contributed by atoms with Crippen molar-refractivity contribution in [3.8, 4) is 16.9 Å². The van der Waals surface area contributed by atoms with Gasteiger partial charge < -0.3 is 5.11 Å². The van der Waals surface area contributed by atoms with E-state index in [0.29, 0.717) is 6.42 Å². The molecule has 0 aliphatic carbocycles. The van der Waals surface area contributed by atoms with Gasteiger partial charge in [-0.3, -0.25) is 0 Å². The Hall–Kier alpha value is -0.384. The van der Waals surface area contributed by atoms with Gasteiger partial charge in [0.15, 0.2) is 0 Å². The molecule has 2 aromatic carbocycles. The van der Waals surface area contributed by atoms with Crippen molar-refractivity contribution in [2.45, 2.75) is 6.42 Å². The minimum atomic E-state index is 0. The normalized spacial score (nSPS) is 9.41. The van der Waals surface area contributed by atoms with E-state index in [2.05, 4.69) is 6.58 Å². The van der Waals surface area contributed by atoms with Crippen molar-refractivity contribution in [2.75, 3.05) is 0 Å².